The third-order valence-corrected chi connectivity index (χ3v) is 2.31. The Morgan fingerprint density at radius 3 is 2.46 bits per heavy atom. The molecule has 1 saturated heterocycles. The molecule has 1 aliphatic heterocycles. The number of hydrogen-bond acceptors (Lipinski definition) is 2. The lowest BCUT2D eigenvalue weighted by Gasteiger charge is -2.32. The molecule has 1 aliphatic rings. The summed E-state index contributed by atoms with van der Waals surface area (Å²) < 4.78 is 0. The van der Waals surface area contributed by atoms with Crippen molar-refractivity contribution < 1.29 is 0 Å². The maximum absolute atomic E-state index is 8.52. The summed E-state index contributed by atoms with van der Waals surface area (Å²) in [5.41, 5.74) is 0. The van der Waals surface area contributed by atoms with Gasteiger partial charge in [0, 0.05) is 19.5 Å². The van der Waals surface area contributed by atoms with E-state index in [4.69, 9.17) is 5.26 Å². The molecule has 0 saturated carbocycles. The topological polar surface area (TPSA) is 27.0 Å². The van der Waals surface area contributed by atoms with E-state index in [9.17, 15) is 0 Å². The SMILES string of the molecule is CC.CC1CC(CC#N)CN(C)C1. The molecular weight excluding hydrogens is 160 g/mol. The van der Waals surface area contributed by atoms with Crippen molar-refractivity contribution in [1.29, 1.82) is 5.26 Å². The molecule has 0 N–H and O–H groups in total. The molecule has 0 aromatic heterocycles. The summed E-state index contributed by atoms with van der Waals surface area (Å²) in [5, 5.41) is 8.52. The molecule has 13 heavy (non-hydrogen) atoms. The molecule has 1 rings (SSSR count). The van der Waals surface area contributed by atoms with E-state index in [0.29, 0.717) is 5.92 Å². The van der Waals surface area contributed by atoms with Crippen molar-refractivity contribution in [3.63, 3.8) is 0 Å². The van der Waals surface area contributed by atoms with E-state index in [1.165, 1.54) is 13.0 Å². The summed E-state index contributed by atoms with van der Waals surface area (Å²) in [6.07, 6.45) is 1.96. The van der Waals surface area contributed by atoms with Crippen LogP contribution in [-0.4, -0.2) is 25.0 Å². The highest BCUT2D eigenvalue weighted by Crippen LogP contribution is 2.22. The number of piperidine rings is 1. The molecule has 0 aromatic carbocycles. The molecule has 2 atom stereocenters. The molecule has 0 aliphatic carbocycles. The summed E-state index contributed by atoms with van der Waals surface area (Å²) in [4.78, 5) is 2.33. The van der Waals surface area contributed by atoms with Crippen LogP contribution in [0.4, 0.5) is 0 Å². The average Bonchev–Trinajstić information content (AvgIpc) is 2.06. The lowest BCUT2D eigenvalue weighted by Crippen LogP contribution is -2.36. The predicted molar refractivity (Wildman–Crippen MR) is 56.3 cm³/mol. The van der Waals surface area contributed by atoms with Gasteiger partial charge in [-0.25, -0.2) is 0 Å². The van der Waals surface area contributed by atoms with Crippen molar-refractivity contribution in [2.45, 2.75) is 33.6 Å². The van der Waals surface area contributed by atoms with Gasteiger partial charge >= 0.3 is 0 Å². The Hall–Kier alpha value is -0.550. The minimum atomic E-state index is 0.619. The Balaban J connectivity index is 0.000000671. The van der Waals surface area contributed by atoms with E-state index in [1.807, 2.05) is 13.8 Å². The summed E-state index contributed by atoms with van der Waals surface area (Å²) in [5.74, 6) is 1.39. The van der Waals surface area contributed by atoms with Crippen LogP contribution in [0.2, 0.25) is 0 Å². The fraction of sp³-hybridized carbons (Fsp3) is 0.909. The highest BCUT2D eigenvalue weighted by atomic mass is 15.1. The zero-order valence-corrected chi connectivity index (χ0v) is 9.38. The average molecular weight is 182 g/mol. The van der Waals surface area contributed by atoms with E-state index < -0.39 is 0 Å². The first-order valence-electron chi connectivity index (χ1n) is 5.28. The van der Waals surface area contributed by atoms with Gasteiger partial charge in [0.2, 0.25) is 0 Å². The van der Waals surface area contributed by atoms with Crippen LogP contribution in [0.1, 0.15) is 33.6 Å². The number of rotatable bonds is 1. The fourth-order valence-corrected chi connectivity index (χ4v) is 2.04. The Labute approximate surface area is 82.5 Å². The Bertz CT molecular complexity index is 150. The second kappa shape index (κ2) is 6.91. The van der Waals surface area contributed by atoms with Gasteiger partial charge in [-0.1, -0.05) is 20.8 Å². The van der Waals surface area contributed by atoms with Crippen LogP contribution in [0.3, 0.4) is 0 Å². The number of hydrogen-bond donors (Lipinski definition) is 0. The van der Waals surface area contributed by atoms with Gasteiger partial charge in [0.05, 0.1) is 6.07 Å². The van der Waals surface area contributed by atoms with Crippen LogP contribution in [0.15, 0.2) is 0 Å². The Kier molecular flexibility index (Phi) is 6.62. The first-order chi connectivity index (χ1) is 6.22. The molecular formula is C11H22N2. The smallest absolute Gasteiger partial charge is 0.0625 e. The molecule has 1 heterocycles. The molecule has 0 radical (unpaired) electrons. The van der Waals surface area contributed by atoms with Gasteiger partial charge in [-0.15, -0.1) is 0 Å². The van der Waals surface area contributed by atoms with E-state index >= 15 is 0 Å². The van der Waals surface area contributed by atoms with Gasteiger partial charge in [-0.3, -0.25) is 0 Å². The van der Waals surface area contributed by atoms with Gasteiger partial charge in [0.15, 0.2) is 0 Å². The predicted octanol–water partition coefficient (Wildman–Crippen LogP) is 2.51. The minimum Gasteiger partial charge on any atom is -0.306 e. The highest BCUT2D eigenvalue weighted by molar-refractivity contribution is 4.82. The van der Waals surface area contributed by atoms with E-state index in [1.54, 1.807) is 0 Å². The molecule has 1 fully saturated rings. The van der Waals surface area contributed by atoms with Gasteiger partial charge in [0.25, 0.3) is 0 Å². The minimum absolute atomic E-state index is 0.619. The number of likely N-dealkylation sites (tertiary alicyclic amines) is 1. The number of nitriles is 1. The second-order valence-corrected chi connectivity index (χ2v) is 3.79. The first-order valence-corrected chi connectivity index (χ1v) is 5.28. The van der Waals surface area contributed by atoms with Crippen LogP contribution in [0, 0.1) is 23.2 Å². The zero-order valence-electron chi connectivity index (χ0n) is 9.38. The van der Waals surface area contributed by atoms with Crippen LogP contribution in [0.5, 0.6) is 0 Å². The Morgan fingerprint density at radius 1 is 1.38 bits per heavy atom. The fourth-order valence-electron chi connectivity index (χ4n) is 2.04. The van der Waals surface area contributed by atoms with Crippen LogP contribution >= 0.6 is 0 Å². The van der Waals surface area contributed by atoms with Crippen molar-refractivity contribution in [2.24, 2.45) is 11.8 Å². The van der Waals surface area contributed by atoms with E-state index in [-0.39, 0.29) is 0 Å². The van der Waals surface area contributed by atoms with Crippen molar-refractivity contribution in [1.82, 2.24) is 4.90 Å². The van der Waals surface area contributed by atoms with Crippen molar-refractivity contribution in [2.75, 3.05) is 20.1 Å². The van der Waals surface area contributed by atoms with Crippen LogP contribution in [-0.2, 0) is 0 Å². The quantitative estimate of drug-likeness (QED) is 0.623. The highest BCUT2D eigenvalue weighted by Gasteiger charge is 2.21. The molecule has 0 amide bonds. The Morgan fingerprint density at radius 2 is 2.00 bits per heavy atom. The monoisotopic (exact) mass is 182 g/mol. The van der Waals surface area contributed by atoms with Crippen LogP contribution in [0.25, 0.3) is 0 Å². The normalized spacial score (nSPS) is 28.5. The lowest BCUT2D eigenvalue weighted by molar-refractivity contribution is 0.163. The van der Waals surface area contributed by atoms with Crippen molar-refractivity contribution in [3.8, 4) is 6.07 Å². The summed E-state index contributed by atoms with van der Waals surface area (Å²) >= 11 is 0. The van der Waals surface area contributed by atoms with Crippen molar-refractivity contribution >= 4 is 0 Å². The molecule has 0 spiro atoms. The molecule has 0 aromatic rings. The first kappa shape index (κ1) is 12.4. The molecule has 0 bridgehead atoms. The molecule has 2 heteroatoms. The standard InChI is InChI=1S/C9H16N2.C2H6/c1-8-5-9(3-4-10)7-11(2)6-8;1-2/h8-9H,3,5-7H2,1-2H3;1-2H3. The van der Waals surface area contributed by atoms with Gasteiger partial charge in [-0.05, 0) is 25.3 Å². The third kappa shape index (κ3) is 4.90. The van der Waals surface area contributed by atoms with E-state index in [0.717, 1.165) is 18.9 Å². The molecule has 2 unspecified atom stereocenters. The van der Waals surface area contributed by atoms with E-state index in [2.05, 4.69) is 24.9 Å². The molecule has 76 valence electrons. The number of nitrogens with zero attached hydrogens (tertiary/aromatic N) is 2. The van der Waals surface area contributed by atoms with Crippen molar-refractivity contribution in [3.05, 3.63) is 0 Å². The van der Waals surface area contributed by atoms with Gasteiger partial charge in [0.1, 0.15) is 0 Å². The summed E-state index contributed by atoms with van der Waals surface area (Å²) in [6.45, 7) is 8.57. The lowest BCUT2D eigenvalue weighted by atomic mass is 9.89. The molecule has 2 nitrogen and oxygen atoms in total. The summed E-state index contributed by atoms with van der Waals surface area (Å²) in [6, 6.07) is 2.25. The van der Waals surface area contributed by atoms with Crippen LogP contribution < -0.4 is 0 Å². The third-order valence-electron chi connectivity index (χ3n) is 2.31. The maximum atomic E-state index is 8.52. The van der Waals surface area contributed by atoms with Gasteiger partial charge in [-0.2, -0.15) is 5.26 Å². The second-order valence-electron chi connectivity index (χ2n) is 3.79. The largest absolute Gasteiger partial charge is 0.306 e. The van der Waals surface area contributed by atoms with Gasteiger partial charge < -0.3 is 4.90 Å². The zero-order chi connectivity index (χ0) is 10.3. The maximum Gasteiger partial charge on any atom is 0.0625 e. The summed E-state index contributed by atoms with van der Waals surface area (Å²) in [7, 11) is 2.14.